The molecule has 19 heavy (non-hydrogen) atoms. The van der Waals surface area contributed by atoms with Crippen LogP contribution in [0, 0.1) is 0 Å². The van der Waals surface area contributed by atoms with Crippen molar-refractivity contribution in [2.24, 2.45) is 7.05 Å². The van der Waals surface area contributed by atoms with E-state index in [4.69, 9.17) is 5.73 Å². The van der Waals surface area contributed by atoms with Gasteiger partial charge in [0.2, 0.25) is 0 Å². The number of thiophene rings is 1. The molecule has 2 N–H and O–H groups in total. The number of nitrogen functional groups attached to an aromatic ring is 1. The Kier molecular flexibility index (Phi) is 2.83. The van der Waals surface area contributed by atoms with E-state index in [2.05, 4.69) is 11.2 Å². The summed E-state index contributed by atoms with van der Waals surface area (Å²) in [4.78, 5) is 12.3. The predicted octanol–water partition coefficient (Wildman–Crippen LogP) is 2.64. The van der Waals surface area contributed by atoms with Crippen molar-refractivity contribution in [2.75, 3.05) is 5.73 Å². The first-order valence-corrected chi connectivity index (χ1v) is 6.80. The zero-order valence-electron chi connectivity index (χ0n) is 10.5. The van der Waals surface area contributed by atoms with Crippen molar-refractivity contribution in [3.63, 3.8) is 0 Å². The Labute approximate surface area is 114 Å². The highest BCUT2D eigenvalue weighted by Gasteiger charge is 2.15. The van der Waals surface area contributed by atoms with E-state index in [-0.39, 0.29) is 5.78 Å². The number of hydrogen-bond donors (Lipinski definition) is 1. The van der Waals surface area contributed by atoms with Crippen LogP contribution >= 0.6 is 11.3 Å². The van der Waals surface area contributed by atoms with Crippen LogP contribution < -0.4 is 5.73 Å². The smallest absolute Gasteiger partial charge is 0.172 e. The van der Waals surface area contributed by atoms with Gasteiger partial charge in [0.15, 0.2) is 5.78 Å². The van der Waals surface area contributed by atoms with Crippen LogP contribution in [0.15, 0.2) is 35.8 Å². The average Bonchev–Trinajstić information content (AvgIpc) is 2.96. The van der Waals surface area contributed by atoms with E-state index in [0.29, 0.717) is 17.8 Å². The maximum absolute atomic E-state index is 12.3. The molecule has 2 heterocycles. The SMILES string of the molecule is Cn1ncc(C(=O)Cc2csc3ccccc23)c1N. The molecular formula is C14H13N3OS. The van der Waals surface area contributed by atoms with Crippen LogP contribution in [0.4, 0.5) is 5.82 Å². The van der Waals surface area contributed by atoms with Crippen molar-refractivity contribution >= 4 is 33.0 Å². The molecule has 1 aromatic carbocycles. The maximum Gasteiger partial charge on any atom is 0.172 e. The second-order valence-electron chi connectivity index (χ2n) is 4.42. The highest BCUT2D eigenvalue weighted by atomic mass is 32.1. The van der Waals surface area contributed by atoms with Gasteiger partial charge in [0.25, 0.3) is 0 Å². The van der Waals surface area contributed by atoms with Crippen LogP contribution in [0.2, 0.25) is 0 Å². The molecule has 5 heteroatoms. The number of fused-ring (bicyclic) bond motifs is 1. The standard InChI is InChI=1S/C14H13N3OS/c1-17-14(15)11(7-16-17)12(18)6-9-8-19-13-5-3-2-4-10(9)13/h2-5,7-8H,6,15H2,1H3. The second-order valence-corrected chi connectivity index (χ2v) is 5.34. The molecule has 0 bridgehead atoms. The fraction of sp³-hybridized carbons (Fsp3) is 0.143. The molecule has 0 fully saturated rings. The van der Waals surface area contributed by atoms with E-state index in [0.717, 1.165) is 10.9 Å². The number of carbonyl (C=O) groups is 1. The van der Waals surface area contributed by atoms with Gasteiger partial charge in [-0.15, -0.1) is 11.3 Å². The largest absolute Gasteiger partial charge is 0.383 e. The van der Waals surface area contributed by atoms with E-state index in [1.807, 2.05) is 23.6 Å². The molecule has 0 aliphatic rings. The molecule has 0 saturated heterocycles. The summed E-state index contributed by atoms with van der Waals surface area (Å²) in [7, 11) is 1.73. The summed E-state index contributed by atoms with van der Waals surface area (Å²) >= 11 is 1.66. The topological polar surface area (TPSA) is 60.9 Å². The lowest BCUT2D eigenvalue weighted by atomic mass is 10.0. The predicted molar refractivity (Wildman–Crippen MR) is 77.5 cm³/mol. The van der Waals surface area contributed by atoms with Crippen molar-refractivity contribution in [2.45, 2.75) is 6.42 Å². The molecule has 0 radical (unpaired) electrons. The summed E-state index contributed by atoms with van der Waals surface area (Å²) < 4.78 is 2.71. The Bertz CT molecular complexity index is 757. The Morgan fingerprint density at radius 1 is 1.42 bits per heavy atom. The zero-order chi connectivity index (χ0) is 13.4. The summed E-state index contributed by atoms with van der Waals surface area (Å²) in [5.41, 5.74) is 7.38. The van der Waals surface area contributed by atoms with Gasteiger partial charge >= 0.3 is 0 Å². The number of nitrogens with zero attached hydrogens (tertiary/aromatic N) is 2. The fourth-order valence-corrected chi connectivity index (χ4v) is 3.06. The van der Waals surface area contributed by atoms with E-state index < -0.39 is 0 Å². The molecule has 0 spiro atoms. The van der Waals surface area contributed by atoms with Gasteiger partial charge in [-0.3, -0.25) is 9.48 Å². The first-order valence-electron chi connectivity index (χ1n) is 5.92. The minimum Gasteiger partial charge on any atom is -0.383 e. The van der Waals surface area contributed by atoms with Crippen LogP contribution in [-0.2, 0) is 13.5 Å². The molecule has 0 unspecified atom stereocenters. The third-order valence-corrected chi connectivity index (χ3v) is 4.21. The van der Waals surface area contributed by atoms with Crippen molar-refractivity contribution in [1.29, 1.82) is 0 Å². The molecular weight excluding hydrogens is 258 g/mol. The first-order chi connectivity index (χ1) is 9.16. The van der Waals surface area contributed by atoms with Gasteiger partial charge in [0.1, 0.15) is 5.82 Å². The average molecular weight is 271 g/mol. The first kappa shape index (κ1) is 11.9. The van der Waals surface area contributed by atoms with E-state index in [9.17, 15) is 4.79 Å². The van der Waals surface area contributed by atoms with Gasteiger partial charge in [-0.25, -0.2) is 0 Å². The highest BCUT2D eigenvalue weighted by molar-refractivity contribution is 7.17. The number of aromatic nitrogens is 2. The summed E-state index contributed by atoms with van der Waals surface area (Å²) in [6, 6.07) is 8.10. The van der Waals surface area contributed by atoms with Gasteiger partial charge in [0.05, 0.1) is 11.8 Å². The number of nitrogens with two attached hydrogens (primary N) is 1. The Morgan fingerprint density at radius 3 is 2.95 bits per heavy atom. The number of anilines is 1. The third-order valence-electron chi connectivity index (χ3n) is 3.20. The van der Waals surface area contributed by atoms with Gasteiger partial charge in [-0.1, -0.05) is 18.2 Å². The number of hydrogen-bond acceptors (Lipinski definition) is 4. The minimum atomic E-state index is 0.00848. The molecule has 3 aromatic rings. The molecule has 2 aromatic heterocycles. The number of aryl methyl sites for hydroxylation is 1. The lowest BCUT2D eigenvalue weighted by Gasteiger charge is -2.00. The summed E-state index contributed by atoms with van der Waals surface area (Å²) in [5.74, 6) is 0.429. The molecule has 0 aliphatic carbocycles. The molecule has 0 amide bonds. The van der Waals surface area contributed by atoms with Crippen LogP contribution in [0.25, 0.3) is 10.1 Å². The number of rotatable bonds is 3. The quantitative estimate of drug-likeness (QED) is 0.745. The number of benzene rings is 1. The molecule has 96 valence electrons. The lowest BCUT2D eigenvalue weighted by molar-refractivity contribution is 0.0994. The Hall–Kier alpha value is -2.14. The van der Waals surface area contributed by atoms with Crippen LogP contribution in [0.3, 0.4) is 0 Å². The van der Waals surface area contributed by atoms with Gasteiger partial charge < -0.3 is 5.73 Å². The molecule has 3 rings (SSSR count). The van der Waals surface area contributed by atoms with Gasteiger partial charge in [-0.2, -0.15) is 5.10 Å². The Morgan fingerprint density at radius 2 is 2.21 bits per heavy atom. The van der Waals surface area contributed by atoms with Crippen molar-refractivity contribution < 1.29 is 4.79 Å². The minimum absolute atomic E-state index is 0.00848. The van der Waals surface area contributed by atoms with Crippen LogP contribution in [0.5, 0.6) is 0 Å². The third kappa shape index (κ3) is 2.02. The van der Waals surface area contributed by atoms with Crippen molar-refractivity contribution in [1.82, 2.24) is 9.78 Å². The number of Topliss-reactive ketones (excluding diaryl/α,β-unsaturated/α-hetero) is 1. The van der Waals surface area contributed by atoms with Crippen LogP contribution in [-0.4, -0.2) is 15.6 Å². The van der Waals surface area contributed by atoms with Crippen molar-refractivity contribution in [3.8, 4) is 0 Å². The van der Waals surface area contributed by atoms with E-state index in [1.54, 1.807) is 18.4 Å². The fourth-order valence-electron chi connectivity index (χ4n) is 2.10. The second kappa shape index (κ2) is 4.51. The molecule has 0 saturated carbocycles. The Balaban J connectivity index is 1.93. The molecule has 0 aliphatic heterocycles. The monoisotopic (exact) mass is 271 g/mol. The summed E-state index contributed by atoms with van der Waals surface area (Å²) in [6.45, 7) is 0. The maximum atomic E-state index is 12.3. The summed E-state index contributed by atoms with van der Waals surface area (Å²) in [5, 5.41) is 7.18. The molecule has 4 nitrogen and oxygen atoms in total. The highest BCUT2D eigenvalue weighted by Crippen LogP contribution is 2.27. The number of carbonyl (C=O) groups excluding carboxylic acids is 1. The lowest BCUT2D eigenvalue weighted by Crippen LogP contribution is -2.07. The van der Waals surface area contributed by atoms with E-state index >= 15 is 0 Å². The van der Waals surface area contributed by atoms with Gasteiger partial charge in [-0.05, 0) is 22.4 Å². The summed E-state index contributed by atoms with van der Waals surface area (Å²) in [6.07, 6.45) is 1.89. The normalized spacial score (nSPS) is 11.0. The van der Waals surface area contributed by atoms with E-state index in [1.165, 1.54) is 15.6 Å². The van der Waals surface area contributed by atoms with Crippen molar-refractivity contribution in [3.05, 3.63) is 47.0 Å². The van der Waals surface area contributed by atoms with Gasteiger partial charge in [0, 0.05) is 18.2 Å². The zero-order valence-corrected chi connectivity index (χ0v) is 11.3. The number of ketones is 1. The van der Waals surface area contributed by atoms with Crippen LogP contribution in [0.1, 0.15) is 15.9 Å². The molecule has 0 atom stereocenters.